The summed E-state index contributed by atoms with van der Waals surface area (Å²) in [5.41, 5.74) is 8.99. The van der Waals surface area contributed by atoms with Crippen LogP contribution in [0.4, 0.5) is 0 Å². The highest BCUT2D eigenvalue weighted by atomic mass is 16.1. The number of carbonyl (C=O) groups excluding carboxylic acids is 1. The van der Waals surface area contributed by atoms with Crippen LogP contribution in [0.25, 0.3) is 10.9 Å². The van der Waals surface area contributed by atoms with E-state index < -0.39 is 6.04 Å². The van der Waals surface area contributed by atoms with Crippen molar-refractivity contribution in [3.63, 3.8) is 0 Å². The number of ketones is 1. The summed E-state index contributed by atoms with van der Waals surface area (Å²) in [7, 11) is 0. The number of hydrogen-bond donors (Lipinski definition) is 2. The first-order valence-corrected chi connectivity index (χ1v) is 5.26. The molecule has 0 fully saturated rings. The van der Waals surface area contributed by atoms with E-state index in [4.69, 9.17) is 5.73 Å². The fourth-order valence-electron chi connectivity index (χ4n) is 1.83. The lowest BCUT2D eigenvalue weighted by Crippen LogP contribution is -2.30. The Morgan fingerprint density at radius 2 is 2.31 bits per heavy atom. The topological polar surface area (TPSA) is 71.8 Å². The Bertz CT molecular complexity index is 530. The number of nitrogens with one attached hydrogen (secondary N) is 1. The van der Waals surface area contributed by atoms with E-state index in [2.05, 4.69) is 10.2 Å². The average Bonchev–Trinajstić information content (AvgIpc) is 2.65. The second kappa shape index (κ2) is 4.06. The van der Waals surface area contributed by atoms with Crippen molar-refractivity contribution in [2.75, 3.05) is 0 Å². The highest BCUT2D eigenvalue weighted by molar-refractivity contribution is 5.83. The van der Waals surface area contributed by atoms with Crippen LogP contribution in [0.15, 0.2) is 18.3 Å². The van der Waals surface area contributed by atoms with Crippen molar-refractivity contribution in [3.8, 4) is 0 Å². The summed E-state index contributed by atoms with van der Waals surface area (Å²) in [4.78, 5) is 11.1. The number of aryl methyl sites for hydroxylation is 1. The molecule has 84 valence electrons. The summed E-state index contributed by atoms with van der Waals surface area (Å²) in [6.07, 6.45) is 2.36. The molecule has 16 heavy (non-hydrogen) atoms. The third kappa shape index (κ3) is 1.97. The monoisotopic (exact) mass is 217 g/mol. The number of rotatable bonds is 3. The first kappa shape index (κ1) is 10.8. The van der Waals surface area contributed by atoms with Crippen LogP contribution < -0.4 is 5.73 Å². The molecule has 0 unspecified atom stereocenters. The van der Waals surface area contributed by atoms with Crippen LogP contribution in [0, 0.1) is 6.92 Å². The second-order valence-corrected chi connectivity index (χ2v) is 4.17. The molecule has 0 amide bonds. The Kier molecular flexibility index (Phi) is 2.75. The number of hydrogen-bond acceptors (Lipinski definition) is 3. The molecule has 4 heteroatoms. The zero-order valence-corrected chi connectivity index (χ0v) is 9.45. The zero-order chi connectivity index (χ0) is 11.7. The maximum absolute atomic E-state index is 11.1. The van der Waals surface area contributed by atoms with Crippen LogP contribution in [0.3, 0.4) is 0 Å². The van der Waals surface area contributed by atoms with Crippen molar-refractivity contribution in [1.82, 2.24) is 10.2 Å². The number of nitrogens with zero attached hydrogens (tertiary/aromatic N) is 1. The van der Waals surface area contributed by atoms with Crippen LogP contribution in [0.2, 0.25) is 0 Å². The largest absolute Gasteiger partial charge is 0.321 e. The van der Waals surface area contributed by atoms with Crippen LogP contribution in [0.1, 0.15) is 18.1 Å². The molecular formula is C12H15N3O. The molecule has 0 radical (unpaired) electrons. The van der Waals surface area contributed by atoms with E-state index in [0.717, 1.165) is 22.0 Å². The van der Waals surface area contributed by atoms with Crippen molar-refractivity contribution in [2.24, 2.45) is 5.73 Å². The minimum absolute atomic E-state index is 0.0185. The zero-order valence-electron chi connectivity index (χ0n) is 9.45. The Labute approximate surface area is 93.8 Å². The Hall–Kier alpha value is -1.68. The lowest BCUT2D eigenvalue weighted by atomic mass is 10.0. The molecule has 1 atom stereocenters. The summed E-state index contributed by atoms with van der Waals surface area (Å²) in [5.74, 6) is 0.0185. The average molecular weight is 217 g/mol. The third-order valence-electron chi connectivity index (χ3n) is 2.78. The molecule has 3 N–H and O–H groups in total. The van der Waals surface area contributed by atoms with Gasteiger partial charge in [0.05, 0.1) is 17.8 Å². The number of nitrogens with two attached hydrogens (primary N) is 1. The normalized spacial score (nSPS) is 12.9. The number of aromatic nitrogens is 2. The summed E-state index contributed by atoms with van der Waals surface area (Å²) in [6, 6.07) is 3.65. The van der Waals surface area contributed by atoms with E-state index in [-0.39, 0.29) is 5.78 Å². The number of fused-ring (bicyclic) bond motifs is 1. The van der Waals surface area contributed by atoms with Gasteiger partial charge in [-0.15, -0.1) is 0 Å². The Morgan fingerprint density at radius 1 is 1.56 bits per heavy atom. The molecule has 0 spiro atoms. The molecular weight excluding hydrogens is 202 g/mol. The first-order valence-electron chi connectivity index (χ1n) is 5.26. The van der Waals surface area contributed by atoms with Gasteiger partial charge in [-0.25, -0.2) is 0 Å². The molecule has 0 aliphatic rings. The lowest BCUT2D eigenvalue weighted by Gasteiger charge is -2.08. The first-order chi connectivity index (χ1) is 7.58. The summed E-state index contributed by atoms with van der Waals surface area (Å²) >= 11 is 0. The van der Waals surface area contributed by atoms with Crippen molar-refractivity contribution in [3.05, 3.63) is 29.5 Å². The highest BCUT2D eigenvalue weighted by Crippen LogP contribution is 2.18. The van der Waals surface area contributed by atoms with E-state index in [1.165, 1.54) is 6.92 Å². The van der Waals surface area contributed by atoms with Gasteiger partial charge >= 0.3 is 0 Å². The van der Waals surface area contributed by atoms with Gasteiger partial charge in [0.25, 0.3) is 0 Å². The van der Waals surface area contributed by atoms with Crippen LogP contribution in [-0.4, -0.2) is 22.0 Å². The van der Waals surface area contributed by atoms with E-state index >= 15 is 0 Å². The maximum Gasteiger partial charge on any atom is 0.146 e. The minimum Gasteiger partial charge on any atom is -0.321 e. The number of Topliss-reactive ketones (excluding diaryl/α,β-unsaturated/α-hetero) is 1. The number of aromatic amines is 1. The number of H-pyrrole nitrogens is 1. The summed E-state index contributed by atoms with van der Waals surface area (Å²) in [5, 5.41) is 8.00. The van der Waals surface area contributed by atoms with Gasteiger partial charge in [-0.1, -0.05) is 6.07 Å². The van der Waals surface area contributed by atoms with Crippen molar-refractivity contribution < 1.29 is 4.79 Å². The third-order valence-corrected chi connectivity index (χ3v) is 2.78. The van der Waals surface area contributed by atoms with Crippen molar-refractivity contribution in [1.29, 1.82) is 0 Å². The Balaban J connectivity index is 2.35. The molecule has 1 heterocycles. The van der Waals surface area contributed by atoms with Crippen LogP contribution >= 0.6 is 0 Å². The molecule has 0 bridgehead atoms. The smallest absolute Gasteiger partial charge is 0.146 e. The highest BCUT2D eigenvalue weighted by Gasteiger charge is 2.10. The van der Waals surface area contributed by atoms with Gasteiger partial charge in [0.2, 0.25) is 0 Å². The van der Waals surface area contributed by atoms with Crippen molar-refractivity contribution >= 4 is 16.7 Å². The van der Waals surface area contributed by atoms with Crippen molar-refractivity contribution in [2.45, 2.75) is 26.3 Å². The van der Waals surface area contributed by atoms with Gasteiger partial charge in [-0.3, -0.25) is 9.89 Å². The predicted molar refractivity (Wildman–Crippen MR) is 63.2 cm³/mol. The molecule has 1 aromatic carbocycles. The standard InChI is InChI=1S/C12H15N3O/c1-7-3-9(5-11(13)8(2)16)4-10-6-14-15-12(7)10/h3-4,6,11H,5,13H2,1-2H3,(H,14,15)/t11-/m1/s1. The van der Waals surface area contributed by atoms with Gasteiger partial charge in [-0.2, -0.15) is 5.10 Å². The van der Waals surface area contributed by atoms with Crippen LogP contribution in [-0.2, 0) is 11.2 Å². The molecule has 4 nitrogen and oxygen atoms in total. The molecule has 2 aromatic rings. The van der Waals surface area contributed by atoms with E-state index in [1.54, 1.807) is 6.20 Å². The molecule has 0 saturated carbocycles. The molecule has 2 rings (SSSR count). The second-order valence-electron chi connectivity index (χ2n) is 4.17. The van der Waals surface area contributed by atoms with Gasteiger partial charge in [-0.05, 0) is 37.5 Å². The SMILES string of the molecule is CC(=O)[C@H](N)Cc1cc(C)c2[nH]ncc2c1. The van der Waals surface area contributed by atoms with E-state index in [0.29, 0.717) is 6.42 Å². The van der Waals surface area contributed by atoms with Gasteiger partial charge in [0.15, 0.2) is 0 Å². The van der Waals surface area contributed by atoms with E-state index in [9.17, 15) is 4.79 Å². The van der Waals surface area contributed by atoms with Gasteiger partial charge in [0, 0.05) is 5.39 Å². The number of benzene rings is 1. The minimum atomic E-state index is -0.413. The van der Waals surface area contributed by atoms with Crippen LogP contribution in [0.5, 0.6) is 0 Å². The maximum atomic E-state index is 11.1. The predicted octanol–water partition coefficient (Wildman–Crippen LogP) is 1.33. The van der Waals surface area contributed by atoms with Gasteiger partial charge < -0.3 is 5.73 Å². The lowest BCUT2D eigenvalue weighted by molar-refractivity contribution is -0.118. The number of carbonyl (C=O) groups is 1. The molecule has 1 aromatic heterocycles. The molecule has 0 saturated heterocycles. The van der Waals surface area contributed by atoms with E-state index in [1.807, 2.05) is 19.1 Å². The fraction of sp³-hybridized carbons (Fsp3) is 0.333. The quantitative estimate of drug-likeness (QED) is 0.814. The summed E-state index contributed by atoms with van der Waals surface area (Å²) < 4.78 is 0. The molecule has 0 aliphatic heterocycles. The summed E-state index contributed by atoms with van der Waals surface area (Å²) in [6.45, 7) is 3.54. The Morgan fingerprint density at radius 3 is 3.00 bits per heavy atom. The molecule has 0 aliphatic carbocycles. The fourth-order valence-corrected chi connectivity index (χ4v) is 1.83. The van der Waals surface area contributed by atoms with Gasteiger partial charge in [0.1, 0.15) is 5.78 Å².